The standard InChI is InChI=1S/C11H25NO2/c1-4-11(5-2)12-7-6-8-14-10-9-13-3/h11-12H,4-10H2,1-3H3. The molecule has 86 valence electrons. The molecule has 0 aromatic rings. The van der Waals surface area contributed by atoms with Crippen LogP contribution >= 0.6 is 0 Å². The molecule has 0 saturated carbocycles. The number of hydrogen-bond acceptors (Lipinski definition) is 3. The maximum absolute atomic E-state index is 5.36. The highest BCUT2D eigenvalue weighted by molar-refractivity contribution is 4.61. The minimum absolute atomic E-state index is 0.675. The molecule has 0 aliphatic heterocycles. The quantitative estimate of drug-likeness (QED) is 0.549. The first-order valence-electron chi connectivity index (χ1n) is 5.65. The van der Waals surface area contributed by atoms with Crippen LogP contribution in [0, 0.1) is 0 Å². The van der Waals surface area contributed by atoms with Crippen molar-refractivity contribution in [2.24, 2.45) is 0 Å². The first-order chi connectivity index (χ1) is 6.85. The van der Waals surface area contributed by atoms with Gasteiger partial charge in [0.1, 0.15) is 0 Å². The minimum Gasteiger partial charge on any atom is -0.382 e. The van der Waals surface area contributed by atoms with Crippen LogP contribution < -0.4 is 5.32 Å². The van der Waals surface area contributed by atoms with Crippen molar-refractivity contribution in [3.8, 4) is 0 Å². The van der Waals surface area contributed by atoms with Crippen LogP contribution in [0.25, 0.3) is 0 Å². The van der Waals surface area contributed by atoms with Crippen LogP contribution in [0.1, 0.15) is 33.1 Å². The van der Waals surface area contributed by atoms with E-state index in [0.29, 0.717) is 19.3 Å². The Balaban J connectivity index is 3.04. The first-order valence-corrected chi connectivity index (χ1v) is 5.65. The molecular formula is C11H25NO2. The Morgan fingerprint density at radius 2 is 1.79 bits per heavy atom. The molecule has 0 spiro atoms. The smallest absolute Gasteiger partial charge is 0.0700 e. The summed E-state index contributed by atoms with van der Waals surface area (Å²) in [6.45, 7) is 7.73. The first kappa shape index (κ1) is 13.9. The van der Waals surface area contributed by atoms with Crippen LogP contribution in [0.3, 0.4) is 0 Å². The molecule has 3 heteroatoms. The van der Waals surface area contributed by atoms with Gasteiger partial charge in [0, 0.05) is 19.8 Å². The van der Waals surface area contributed by atoms with Crippen molar-refractivity contribution in [3.05, 3.63) is 0 Å². The lowest BCUT2D eigenvalue weighted by molar-refractivity contribution is 0.0692. The Kier molecular flexibility index (Phi) is 10.9. The molecule has 0 heterocycles. The van der Waals surface area contributed by atoms with E-state index in [0.717, 1.165) is 19.6 Å². The zero-order valence-corrected chi connectivity index (χ0v) is 9.84. The molecule has 0 saturated heterocycles. The summed E-state index contributed by atoms with van der Waals surface area (Å²) in [5, 5.41) is 3.50. The Morgan fingerprint density at radius 3 is 2.36 bits per heavy atom. The molecule has 1 N–H and O–H groups in total. The van der Waals surface area contributed by atoms with Crippen molar-refractivity contribution in [1.82, 2.24) is 5.32 Å². The normalized spacial score (nSPS) is 11.1. The van der Waals surface area contributed by atoms with Crippen molar-refractivity contribution in [2.75, 3.05) is 33.5 Å². The summed E-state index contributed by atoms with van der Waals surface area (Å²) in [5.41, 5.74) is 0. The van der Waals surface area contributed by atoms with Gasteiger partial charge in [-0.25, -0.2) is 0 Å². The van der Waals surface area contributed by atoms with E-state index >= 15 is 0 Å². The largest absolute Gasteiger partial charge is 0.382 e. The molecule has 0 aromatic heterocycles. The molecule has 3 nitrogen and oxygen atoms in total. The molecule has 0 atom stereocenters. The van der Waals surface area contributed by atoms with E-state index in [4.69, 9.17) is 9.47 Å². The van der Waals surface area contributed by atoms with Gasteiger partial charge >= 0.3 is 0 Å². The van der Waals surface area contributed by atoms with E-state index in [1.165, 1.54) is 12.8 Å². The van der Waals surface area contributed by atoms with E-state index in [1.54, 1.807) is 7.11 Å². The van der Waals surface area contributed by atoms with Gasteiger partial charge in [0.05, 0.1) is 13.2 Å². The Labute approximate surface area is 88.2 Å². The third-order valence-corrected chi connectivity index (χ3v) is 2.32. The highest BCUT2D eigenvalue weighted by atomic mass is 16.5. The van der Waals surface area contributed by atoms with Crippen molar-refractivity contribution >= 4 is 0 Å². The third-order valence-electron chi connectivity index (χ3n) is 2.32. The number of nitrogens with one attached hydrogen (secondary N) is 1. The number of ether oxygens (including phenoxy) is 2. The second-order valence-electron chi connectivity index (χ2n) is 3.43. The molecule has 0 radical (unpaired) electrons. The predicted octanol–water partition coefficient (Wildman–Crippen LogP) is 1.82. The third kappa shape index (κ3) is 8.48. The predicted molar refractivity (Wildman–Crippen MR) is 59.7 cm³/mol. The molecule has 0 bridgehead atoms. The summed E-state index contributed by atoms with van der Waals surface area (Å²) >= 11 is 0. The summed E-state index contributed by atoms with van der Waals surface area (Å²) in [6, 6.07) is 0.675. The number of methoxy groups -OCH3 is 1. The van der Waals surface area contributed by atoms with Crippen molar-refractivity contribution in [3.63, 3.8) is 0 Å². The Bertz CT molecular complexity index is 105. The minimum atomic E-state index is 0.675. The summed E-state index contributed by atoms with van der Waals surface area (Å²) < 4.78 is 10.2. The second kappa shape index (κ2) is 11.0. The number of rotatable bonds is 10. The summed E-state index contributed by atoms with van der Waals surface area (Å²) in [7, 11) is 1.69. The zero-order valence-electron chi connectivity index (χ0n) is 9.84. The average molecular weight is 203 g/mol. The van der Waals surface area contributed by atoms with Crippen LogP contribution in [0.15, 0.2) is 0 Å². The number of hydrogen-bond donors (Lipinski definition) is 1. The van der Waals surface area contributed by atoms with Gasteiger partial charge < -0.3 is 14.8 Å². The van der Waals surface area contributed by atoms with Gasteiger partial charge in [-0.15, -0.1) is 0 Å². The molecule has 0 amide bonds. The highest BCUT2D eigenvalue weighted by Crippen LogP contribution is 1.95. The lowest BCUT2D eigenvalue weighted by Gasteiger charge is -2.14. The molecule has 0 unspecified atom stereocenters. The van der Waals surface area contributed by atoms with E-state index in [9.17, 15) is 0 Å². The maximum Gasteiger partial charge on any atom is 0.0700 e. The summed E-state index contributed by atoms with van der Waals surface area (Å²) in [5.74, 6) is 0. The van der Waals surface area contributed by atoms with Gasteiger partial charge in [-0.05, 0) is 25.8 Å². The van der Waals surface area contributed by atoms with E-state index in [-0.39, 0.29) is 0 Å². The summed E-state index contributed by atoms with van der Waals surface area (Å²) in [6.07, 6.45) is 3.50. The fourth-order valence-corrected chi connectivity index (χ4v) is 1.30. The molecule has 0 aliphatic rings. The van der Waals surface area contributed by atoms with Crippen molar-refractivity contribution in [2.45, 2.75) is 39.2 Å². The van der Waals surface area contributed by atoms with Crippen molar-refractivity contribution < 1.29 is 9.47 Å². The Morgan fingerprint density at radius 1 is 1.07 bits per heavy atom. The van der Waals surface area contributed by atoms with Gasteiger partial charge in [-0.3, -0.25) is 0 Å². The van der Waals surface area contributed by atoms with Crippen LogP contribution in [0.2, 0.25) is 0 Å². The molecular weight excluding hydrogens is 178 g/mol. The van der Waals surface area contributed by atoms with Crippen molar-refractivity contribution in [1.29, 1.82) is 0 Å². The molecule has 0 fully saturated rings. The van der Waals surface area contributed by atoms with Crippen LogP contribution in [-0.2, 0) is 9.47 Å². The van der Waals surface area contributed by atoms with Gasteiger partial charge in [0.25, 0.3) is 0 Å². The monoisotopic (exact) mass is 203 g/mol. The average Bonchev–Trinajstić information content (AvgIpc) is 2.22. The fourth-order valence-electron chi connectivity index (χ4n) is 1.30. The SMILES string of the molecule is CCC(CC)NCCCOCCOC. The van der Waals surface area contributed by atoms with E-state index in [1.807, 2.05) is 0 Å². The Hall–Kier alpha value is -0.120. The lowest BCUT2D eigenvalue weighted by Crippen LogP contribution is -2.29. The van der Waals surface area contributed by atoms with Gasteiger partial charge in [0.15, 0.2) is 0 Å². The van der Waals surface area contributed by atoms with Crippen LogP contribution in [-0.4, -0.2) is 39.5 Å². The fraction of sp³-hybridized carbons (Fsp3) is 1.00. The maximum atomic E-state index is 5.36. The molecule has 0 rings (SSSR count). The molecule has 0 aliphatic carbocycles. The zero-order chi connectivity index (χ0) is 10.6. The van der Waals surface area contributed by atoms with Crippen LogP contribution in [0.4, 0.5) is 0 Å². The van der Waals surface area contributed by atoms with Gasteiger partial charge in [0.2, 0.25) is 0 Å². The highest BCUT2D eigenvalue weighted by Gasteiger charge is 2.00. The topological polar surface area (TPSA) is 30.5 Å². The van der Waals surface area contributed by atoms with Gasteiger partial charge in [-0.1, -0.05) is 13.8 Å². The lowest BCUT2D eigenvalue weighted by atomic mass is 10.2. The molecule has 0 aromatic carbocycles. The van der Waals surface area contributed by atoms with E-state index < -0.39 is 0 Å². The summed E-state index contributed by atoms with van der Waals surface area (Å²) in [4.78, 5) is 0. The van der Waals surface area contributed by atoms with Gasteiger partial charge in [-0.2, -0.15) is 0 Å². The van der Waals surface area contributed by atoms with E-state index in [2.05, 4.69) is 19.2 Å². The van der Waals surface area contributed by atoms with Crippen LogP contribution in [0.5, 0.6) is 0 Å². The second-order valence-corrected chi connectivity index (χ2v) is 3.43. The molecule has 14 heavy (non-hydrogen) atoms.